The highest BCUT2D eigenvalue weighted by Crippen LogP contribution is 2.40. The highest BCUT2D eigenvalue weighted by molar-refractivity contribution is 6.02. The van der Waals surface area contributed by atoms with Crippen molar-refractivity contribution in [2.45, 2.75) is 132 Å². The number of nitrogens with zero attached hydrogens (tertiary/aromatic N) is 13. The van der Waals surface area contributed by atoms with Gasteiger partial charge in [0.1, 0.15) is 28.6 Å². The van der Waals surface area contributed by atoms with Crippen LogP contribution in [0.3, 0.4) is 0 Å². The van der Waals surface area contributed by atoms with E-state index in [1.54, 1.807) is 93.6 Å². The second-order valence-electron chi connectivity index (χ2n) is 21.9. The van der Waals surface area contributed by atoms with Gasteiger partial charge in [0.2, 0.25) is 5.95 Å². The van der Waals surface area contributed by atoms with Gasteiger partial charge in [-0.1, -0.05) is 139 Å². The molecule has 0 radical (unpaired) electrons. The number of aromatic nitrogens is 7. The number of nitrogens with two attached hydrogens (primary N) is 3. The summed E-state index contributed by atoms with van der Waals surface area (Å²) >= 11 is 0. The van der Waals surface area contributed by atoms with Gasteiger partial charge in [-0.3, -0.25) is 0 Å². The number of anilines is 3. The summed E-state index contributed by atoms with van der Waals surface area (Å²) in [6.07, 6.45) is 4.60. The van der Waals surface area contributed by atoms with Crippen LogP contribution in [0.5, 0.6) is 0 Å². The Kier molecular flexibility index (Phi) is 20.2. The Bertz CT molecular complexity index is 3220. The molecule has 0 saturated heterocycles. The van der Waals surface area contributed by atoms with Gasteiger partial charge in [0.05, 0.1) is 53.6 Å². The monoisotopic (exact) mass is 1110 g/mol. The summed E-state index contributed by atoms with van der Waals surface area (Å²) in [6.45, 7) is 23.6. The minimum atomic E-state index is -0.837. The normalized spacial score (nSPS) is 12.5. The first-order valence-corrected chi connectivity index (χ1v) is 26.8. The number of carbonyl (C=O) groups is 3. The summed E-state index contributed by atoms with van der Waals surface area (Å²) in [5.41, 5.74) is 20.7. The van der Waals surface area contributed by atoms with E-state index in [0.717, 1.165) is 19.3 Å². The number of carbonyl (C=O) groups excluding carboxylic acids is 3. The number of hydrogen-bond donors (Lipinski definition) is 5. The van der Waals surface area contributed by atoms with Crippen molar-refractivity contribution in [2.24, 2.45) is 41.8 Å². The van der Waals surface area contributed by atoms with Crippen molar-refractivity contribution in [1.29, 1.82) is 5.41 Å². The molecule has 6 aromatic rings. The van der Waals surface area contributed by atoms with E-state index >= 15 is 0 Å². The number of nitrogen functional groups attached to an aromatic ring is 2. The van der Waals surface area contributed by atoms with Crippen LogP contribution in [-0.4, -0.2) is 78.0 Å². The number of nitrogens with one attached hydrogen (secondary N) is 2. The maximum atomic E-state index is 13.2. The van der Waals surface area contributed by atoms with E-state index in [-0.39, 0.29) is 112 Å². The average Bonchev–Trinajstić information content (AvgIpc) is 4.13. The van der Waals surface area contributed by atoms with E-state index in [1.807, 2.05) is 62.3 Å². The van der Waals surface area contributed by atoms with Crippen molar-refractivity contribution in [2.75, 3.05) is 36.6 Å². The van der Waals surface area contributed by atoms with E-state index in [4.69, 9.17) is 56.6 Å². The SMILES string of the molecule is CCCCOC(=O)c1ccccc1N=N/C(C(=N)C(C)(C)C)=C(\N)Nc1nc(-n2nc(C(C)(C)C)c(N=Nc3ccccc3C(=O)OCCCC)c2N)nc(-n2nc(C(C)(C)C)c(N=Nc3ccccc3C(=O)OCCCC)c2N)n1. The van der Waals surface area contributed by atoms with Crippen molar-refractivity contribution in [3.63, 3.8) is 0 Å². The van der Waals surface area contributed by atoms with Crippen molar-refractivity contribution < 1.29 is 28.6 Å². The highest BCUT2D eigenvalue weighted by atomic mass is 16.5. The molecule has 0 amide bonds. The minimum Gasteiger partial charge on any atom is -0.462 e. The van der Waals surface area contributed by atoms with Crippen LogP contribution >= 0.6 is 0 Å². The molecule has 0 spiro atoms. The van der Waals surface area contributed by atoms with Crippen LogP contribution in [0.25, 0.3) is 11.9 Å². The zero-order valence-corrected chi connectivity index (χ0v) is 48.3. The number of rotatable bonds is 23. The van der Waals surface area contributed by atoms with Gasteiger partial charge in [-0.2, -0.15) is 34.5 Å². The van der Waals surface area contributed by atoms with Crippen molar-refractivity contribution in [3.05, 3.63) is 112 Å². The van der Waals surface area contributed by atoms with Gasteiger partial charge >= 0.3 is 17.9 Å². The Hall–Kier alpha value is -9.09. The van der Waals surface area contributed by atoms with Gasteiger partial charge in [-0.05, 0) is 55.7 Å². The zero-order chi connectivity index (χ0) is 59.2. The topological polar surface area (TPSA) is 341 Å². The van der Waals surface area contributed by atoms with Crippen molar-refractivity contribution >= 4 is 69.6 Å². The van der Waals surface area contributed by atoms with E-state index in [0.29, 0.717) is 30.7 Å². The second-order valence-corrected chi connectivity index (χ2v) is 21.9. The van der Waals surface area contributed by atoms with Crippen LogP contribution in [0.4, 0.5) is 46.0 Å². The Balaban J connectivity index is 1.57. The highest BCUT2D eigenvalue weighted by Gasteiger charge is 2.32. The predicted octanol–water partition coefficient (Wildman–Crippen LogP) is 13.1. The van der Waals surface area contributed by atoms with Crippen LogP contribution < -0.4 is 22.5 Å². The van der Waals surface area contributed by atoms with Crippen LogP contribution in [0, 0.1) is 10.8 Å². The molecule has 0 fully saturated rings. The fourth-order valence-corrected chi connectivity index (χ4v) is 7.40. The fraction of sp³-hybridized carbons (Fsp3) is 0.421. The number of allylic oxidation sites excluding steroid dienone is 1. The maximum Gasteiger partial charge on any atom is 0.340 e. The lowest BCUT2D eigenvalue weighted by Gasteiger charge is -2.21. The van der Waals surface area contributed by atoms with Gasteiger partial charge in [-0.15, -0.1) is 30.7 Å². The Morgan fingerprint density at radius 3 is 1.26 bits per heavy atom. The first kappa shape index (κ1) is 61.1. The molecule has 0 saturated carbocycles. The van der Waals surface area contributed by atoms with Crippen molar-refractivity contribution in [3.8, 4) is 11.9 Å². The van der Waals surface area contributed by atoms with Crippen LogP contribution in [-0.2, 0) is 25.0 Å². The van der Waals surface area contributed by atoms with Gasteiger partial charge in [0, 0.05) is 16.2 Å². The number of benzene rings is 3. The number of ether oxygens (including phenoxy) is 3. The van der Waals surface area contributed by atoms with Gasteiger partial charge in [0.15, 0.2) is 23.0 Å². The molecule has 0 atom stereocenters. The molecular formula is C57H74N18O6. The Morgan fingerprint density at radius 2 is 0.914 bits per heavy atom. The molecule has 24 heteroatoms. The van der Waals surface area contributed by atoms with Crippen LogP contribution in [0.15, 0.2) is 115 Å². The summed E-state index contributed by atoms with van der Waals surface area (Å²) in [5.74, 6) is -2.62. The van der Waals surface area contributed by atoms with Gasteiger partial charge in [-0.25, -0.2) is 14.4 Å². The summed E-state index contributed by atoms with van der Waals surface area (Å²) in [4.78, 5) is 53.9. The first-order chi connectivity index (χ1) is 38.4. The molecular weight excluding hydrogens is 1030 g/mol. The molecule has 8 N–H and O–H groups in total. The number of azo groups is 3. The van der Waals surface area contributed by atoms with E-state index in [1.165, 1.54) is 9.36 Å². The van der Waals surface area contributed by atoms with Crippen molar-refractivity contribution in [1.82, 2.24) is 34.5 Å². The molecule has 428 valence electrons. The number of hydrogen-bond acceptors (Lipinski definition) is 22. The van der Waals surface area contributed by atoms with E-state index in [2.05, 4.69) is 36.0 Å². The summed E-state index contributed by atoms with van der Waals surface area (Å²) < 4.78 is 19.0. The molecule has 0 bridgehead atoms. The smallest absolute Gasteiger partial charge is 0.340 e. The third kappa shape index (κ3) is 15.4. The van der Waals surface area contributed by atoms with E-state index < -0.39 is 34.2 Å². The lowest BCUT2D eigenvalue weighted by molar-refractivity contribution is 0.0491. The molecule has 0 aliphatic carbocycles. The fourth-order valence-electron chi connectivity index (χ4n) is 7.40. The number of unbranched alkanes of at least 4 members (excludes halogenated alkanes) is 3. The lowest BCUT2D eigenvalue weighted by Crippen LogP contribution is -2.26. The molecule has 0 unspecified atom stereocenters. The molecule has 3 heterocycles. The standard InChI is InChI=1S/C57H74N18O6/c1-13-16-31-79-49(76)34-25-19-22-28-37(34)66-69-40(43(58)55(4,5)6)46(59)62-52-63-53(74-47(60)41(44(72-74)56(7,8)9)70-67-38-29-23-20-26-35(38)50(77)80-32-17-14-2)65-54(64-52)75-48(61)42(45(73-75)57(10,11)12)71-68-39-30-24-21-27-36(39)51(78)81-33-18-15-3/h19-30,58H,13-18,31-33,59-61H2,1-12H3,(H,62,63,64,65)/b46-40+,58-43?,69-66?,70-67?,71-68?. The van der Waals surface area contributed by atoms with Crippen LogP contribution in [0.2, 0.25) is 0 Å². The Labute approximate surface area is 471 Å². The average molecular weight is 1110 g/mol. The molecule has 24 nitrogen and oxygen atoms in total. The summed E-state index contributed by atoms with van der Waals surface area (Å²) in [5, 5.41) is 49.2. The third-order valence-electron chi connectivity index (χ3n) is 12.0. The van der Waals surface area contributed by atoms with Crippen LogP contribution in [0.1, 0.15) is 164 Å². The third-order valence-corrected chi connectivity index (χ3v) is 12.0. The second kappa shape index (κ2) is 26.7. The minimum absolute atomic E-state index is 0.0392. The van der Waals surface area contributed by atoms with Gasteiger partial charge < -0.3 is 42.1 Å². The molecule has 6 rings (SSSR count). The lowest BCUT2D eigenvalue weighted by atomic mass is 9.88. The summed E-state index contributed by atoms with van der Waals surface area (Å²) in [7, 11) is 0. The first-order valence-electron chi connectivity index (χ1n) is 26.8. The Morgan fingerprint density at radius 1 is 0.556 bits per heavy atom. The maximum absolute atomic E-state index is 13.2. The molecule has 3 aromatic heterocycles. The molecule has 81 heavy (non-hydrogen) atoms. The van der Waals surface area contributed by atoms with Gasteiger partial charge in [0.25, 0.3) is 11.9 Å². The van der Waals surface area contributed by atoms with E-state index in [9.17, 15) is 19.8 Å². The molecule has 0 aliphatic heterocycles. The molecule has 0 aliphatic rings. The zero-order valence-electron chi connectivity index (χ0n) is 48.3. The molecule has 3 aromatic carbocycles. The largest absolute Gasteiger partial charge is 0.462 e. The predicted molar refractivity (Wildman–Crippen MR) is 310 cm³/mol. The number of esters is 3. The summed E-state index contributed by atoms with van der Waals surface area (Å²) in [6, 6.07) is 19.9. The quantitative estimate of drug-likeness (QED) is 0.0131.